The molecule has 2 rings (SSSR count). The predicted molar refractivity (Wildman–Crippen MR) is 69.2 cm³/mol. The number of rotatable bonds is 3. The van der Waals surface area contributed by atoms with Crippen molar-refractivity contribution in [2.45, 2.75) is 6.42 Å². The van der Waals surface area contributed by atoms with Gasteiger partial charge in [0.15, 0.2) is 0 Å². The smallest absolute Gasteiger partial charge is 0.221 e. The zero-order valence-corrected chi connectivity index (χ0v) is 11.1. The fraction of sp³-hybridized carbons (Fsp3) is 0.0909. The van der Waals surface area contributed by atoms with Gasteiger partial charge in [-0.2, -0.15) is 5.10 Å². The lowest BCUT2D eigenvalue weighted by Gasteiger charge is -2.06. The summed E-state index contributed by atoms with van der Waals surface area (Å²) in [7, 11) is 0. The number of nitrogens with zero attached hydrogens (tertiary/aromatic N) is 2. The summed E-state index contributed by atoms with van der Waals surface area (Å²) >= 11 is 9.44. The molecule has 6 heteroatoms. The summed E-state index contributed by atoms with van der Waals surface area (Å²) < 4.78 is 2.52. The van der Waals surface area contributed by atoms with Gasteiger partial charge >= 0.3 is 0 Å². The van der Waals surface area contributed by atoms with Gasteiger partial charge in [-0.15, -0.1) is 0 Å². The van der Waals surface area contributed by atoms with Crippen molar-refractivity contribution in [2.24, 2.45) is 5.73 Å². The maximum atomic E-state index is 10.8. The van der Waals surface area contributed by atoms with Crippen molar-refractivity contribution in [3.63, 3.8) is 0 Å². The first-order chi connectivity index (χ1) is 8.06. The molecule has 1 amide bonds. The van der Waals surface area contributed by atoms with Crippen molar-refractivity contribution < 1.29 is 4.79 Å². The van der Waals surface area contributed by atoms with E-state index in [-0.39, 0.29) is 12.3 Å². The van der Waals surface area contributed by atoms with Crippen molar-refractivity contribution in [3.05, 3.63) is 45.7 Å². The van der Waals surface area contributed by atoms with E-state index >= 15 is 0 Å². The van der Waals surface area contributed by atoms with E-state index in [1.165, 1.54) is 0 Å². The molecular formula is C11H9BrClN3O. The number of amides is 1. The summed E-state index contributed by atoms with van der Waals surface area (Å²) in [4.78, 5) is 10.8. The molecule has 0 saturated carbocycles. The fourth-order valence-corrected chi connectivity index (χ4v) is 2.06. The number of carbonyl (C=O) groups is 1. The average molecular weight is 315 g/mol. The highest BCUT2D eigenvalue weighted by atomic mass is 79.9. The molecule has 0 atom stereocenters. The Hall–Kier alpha value is -1.33. The number of benzene rings is 1. The molecule has 0 bridgehead atoms. The third-order valence-electron chi connectivity index (χ3n) is 2.19. The van der Waals surface area contributed by atoms with E-state index in [2.05, 4.69) is 21.0 Å². The summed E-state index contributed by atoms with van der Waals surface area (Å²) in [6.45, 7) is 0. The van der Waals surface area contributed by atoms with Crippen LogP contribution in [0, 0.1) is 0 Å². The van der Waals surface area contributed by atoms with Crippen molar-refractivity contribution in [1.82, 2.24) is 9.78 Å². The summed E-state index contributed by atoms with van der Waals surface area (Å²) in [6.07, 6.45) is 3.66. The minimum atomic E-state index is -0.379. The first-order valence-electron chi connectivity index (χ1n) is 4.83. The summed E-state index contributed by atoms with van der Waals surface area (Å²) in [5, 5.41) is 4.66. The van der Waals surface area contributed by atoms with E-state index in [4.69, 9.17) is 17.3 Å². The number of primary amides is 1. The Kier molecular flexibility index (Phi) is 3.49. The Morgan fingerprint density at radius 1 is 1.53 bits per heavy atom. The van der Waals surface area contributed by atoms with Gasteiger partial charge in [-0.25, -0.2) is 4.68 Å². The molecule has 0 unspecified atom stereocenters. The quantitative estimate of drug-likeness (QED) is 0.945. The molecule has 1 aromatic heterocycles. The largest absolute Gasteiger partial charge is 0.369 e. The molecule has 4 nitrogen and oxygen atoms in total. The summed E-state index contributed by atoms with van der Waals surface area (Å²) in [5.74, 6) is -0.379. The average Bonchev–Trinajstić information content (AvgIpc) is 2.64. The molecule has 0 saturated heterocycles. The fourth-order valence-electron chi connectivity index (χ4n) is 1.48. The van der Waals surface area contributed by atoms with Gasteiger partial charge in [-0.1, -0.05) is 17.7 Å². The highest BCUT2D eigenvalue weighted by Gasteiger charge is 2.07. The Morgan fingerprint density at radius 3 is 2.82 bits per heavy atom. The van der Waals surface area contributed by atoms with Crippen LogP contribution in [-0.4, -0.2) is 15.7 Å². The molecule has 0 fully saturated rings. The normalized spacial score (nSPS) is 10.5. The zero-order chi connectivity index (χ0) is 12.4. The van der Waals surface area contributed by atoms with Gasteiger partial charge in [-0.3, -0.25) is 4.79 Å². The van der Waals surface area contributed by atoms with Crippen LogP contribution in [0.15, 0.2) is 35.1 Å². The molecule has 0 aliphatic carbocycles. The van der Waals surface area contributed by atoms with Crippen molar-refractivity contribution >= 4 is 33.4 Å². The Labute approximate surface area is 111 Å². The van der Waals surface area contributed by atoms with Gasteiger partial charge in [0.2, 0.25) is 5.91 Å². The van der Waals surface area contributed by atoms with Crippen LogP contribution >= 0.6 is 27.5 Å². The topological polar surface area (TPSA) is 60.9 Å². The predicted octanol–water partition coefficient (Wildman–Crippen LogP) is 2.32. The maximum absolute atomic E-state index is 10.8. The second-order valence-electron chi connectivity index (χ2n) is 3.53. The lowest BCUT2D eigenvalue weighted by molar-refractivity contribution is -0.117. The van der Waals surface area contributed by atoms with Crippen LogP contribution in [0.3, 0.4) is 0 Å². The van der Waals surface area contributed by atoms with Crippen LogP contribution in [0.5, 0.6) is 0 Å². The molecule has 0 aliphatic rings. The summed E-state index contributed by atoms with van der Waals surface area (Å²) in [5.41, 5.74) is 6.67. The van der Waals surface area contributed by atoms with E-state index in [0.29, 0.717) is 5.02 Å². The van der Waals surface area contributed by atoms with Crippen LogP contribution in [0.4, 0.5) is 0 Å². The molecule has 2 aromatic rings. The van der Waals surface area contributed by atoms with E-state index in [1.54, 1.807) is 29.2 Å². The Bertz CT molecular complexity index is 568. The monoisotopic (exact) mass is 313 g/mol. The number of hydrogen-bond donors (Lipinski definition) is 1. The molecule has 88 valence electrons. The molecular weight excluding hydrogens is 305 g/mol. The van der Waals surface area contributed by atoms with Gasteiger partial charge in [0, 0.05) is 6.20 Å². The van der Waals surface area contributed by atoms with E-state index in [9.17, 15) is 4.79 Å². The van der Waals surface area contributed by atoms with Crippen LogP contribution in [0.25, 0.3) is 5.69 Å². The highest BCUT2D eigenvalue weighted by molar-refractivity contribution is 9.10. The molecule has 2 N–H and O–H groups in total. The van der Waals surface area contributed by atoms with Gasteiger partial charge < -0.3 is 5.73 Å². The third kappa shape index (κ3) is 2.87. The Morgan fingerprint density at radius 2 is 2.29 bits per heavy atom. The number of carbonyl (C=O) groups excluding carboxylic acids is 1. The second kappa shape index (κ2) is 4.89. The van der Waals surface area contributed by atoms with Crippen LogP contribution < -0.4 is 5.73 Å². The molecule has 1 aromatic carbocycles. The van der Waals surface area contributed by atoms with Gasteiger partial charge in [0.05, 0.1) is 27.8 Å². The lowest BCUT2D eigenvalue weighted by atomic mass is 10.1. The van der Waals surface area contributed by atoms with Crippen molar-refractivity contribution in [3.8, 4) is 5.69 Å². The highest BCUT2D eigenvalue weighted by Crippen LogP contribution is 2.22. The third-order valence-corrected chi connectivity index (χ3v) is 2.90. The van der Waals surface area contributed by atoms with E-state index in [1.807, 2.05) is 6.07 Å². The molecule has 0 spiro atoms. The maximum Gasteiger partial charge on any atom is 0.221 e. The number of halogens is 2. The lowest BCUT2D eigenvalue weighted by Crippen LogP contribution is -2.13. The number of aromatic nitrogens is 2. The zero-order valence-electron chi connectivity index (χ0n) is 8.73. The first-order valence-corrected chi connectivity index (χ1v) is 6.00. The van der Waals surface area contributed by atoms with Gasteiger partial charge in [-0.05, 0) is 33.6 Å². The Balaban J connectivity index is 2.34. The van der Waals surface area contributed by atoms with Crippen LogP contribution in [0.1, 0.15) is 5.56 Å². The molecule has 0 aliphatic heterocycles. The van der Waals surface area contributed by atoms with Crippen LogP contribution in [0.2, 0.25) is 5.02 Å². The van der Waals surface area contributed by atoms with E-state index in [0.717, 1.165) is 15.7 Å². The molecule has 1 heterocycles. The second-order valence-corrected chi connectivity index (χ2v) is 4.85. The first kappa shape index (κ1) is 12.1. The molecule has 0 radical (unpaired) electrons. The number of hydrogen-bond acceptors (Lipinski definition) is 2. The molecule has 17 heavy (non-hydrogen) atoms. The number of nitrogens with two attached hydrogens (primary N) is 1. The van der Waals surface area contributed by atoms with Crippen molar-refractivity contribution in [2.75, 3.05) is 0 Å². The SMILES string of the molecule is NC(=O)Cc1ccc(-n2cc(Br)cn2)c(Cl)c1. The van der Waals surface area contributed by atoms with Gasteiger partial charge in [0.1, 0.15) is 0 Å². The van der Waals surface area contributed by atoms with Crippen molar-refractivity contribution in [1.29, 1.82) is 0 Å². The standard InChI is InChI=1S/C11H9BrClN3O/c12-8-5-15-16(6-8)10-2-1-7(3-9(10)13)4-11(14)17/h1-3,5-6H,4H2,(H2,14,17). The minimum Gasteiger partial charge on any atom is -0.369 e. The van der Waals surface area contributed by atoms with Gasteiger partial charge in [0.25, 0.3) is 0 Å². The van der Waals surface area contributed by atoms with Crippen LogP contribution in [-0.2, 0) is 11.2 Å². The van der Waals surface area contributed by atoms with E-state index < -0.39 is 0 Å². The summed E-state index contributed by atoms with van der Waals surface area (Å²) in [6, 6.07) is 5.33. The minimum absolute atomic E-state index is 0.183.